The summed E-state index contributed by atoms with van der Waals surface area (Å²) < 4.78 is 12.3. The lowest BCUT2D eigenvalue weighted by molar-refractivity contribution is 0.145. The zero-order valence-electron chi connectivity index (χ0n) is 15.1. The van der Waals surface area contributed by atoms with Gasteiger partial charge in [-0.2, -0.15) is 0 Å². The number of benzene rings is 1. The van der Waals surface area contributed by atoms with Crippen molar-refractivity contribution in [1.29, 1.82) is 0 Å². The zero-order chi connectivity index (χ0) is 18.1. The Morgan fingerprint density at radius 2 is 2.04 bits per heavy atom. The molecule has 0 saturated heterocycles. The lowest BCUT2D eigenvalue weighted by Crippen LogP contribution is -2.41. The van der Waals surface area contributed by atoms with E-state index in [0.717, 1.165) is 17.1 Å². The topological polar surface area (TPSA) is 68.6 Å². The van der Waals surface area contributed by atoms with Gasteiger partial charge in [0.2, 0.25) is 0 Å². The molecule has 2 aromatic rings. The molecule has 7 nitrogen and oxygen atoms in total. The Labute approximate surface area is 148 Å². The molecule has 0 fully saturated rings. The van der Waals surface area contributed by atoms with Crippen LogP contribution >= 0.6 is 0 Å². The molecule has 0 spiro atoms. The number of amides is 2. The standard InChI is InChI=1S/C18H26N4O3/c1-4-19-18(23)22(11-12-24-2)14-17-20-9-10-21(17)13-15-5-7-16(25-3)8-6-15/h5-10H,4,11-14H2,1-3H3,(H,19,23). The van der Waals surface area contributed by atoms with Crippen molar-refractivity contribution in [2.45, 2.75) is 20.0 Å². The average Bonchev–Trinajstić information content (AvgIpc) is 3.06. The molecule has 1 N–H and O–H groups in total. The minimum absolute atomic E-state index is 0.112. The monoisotopic (exact) mass is 346 g/mol. The van der Waals surface area contributed by atoms with Crippen LogP contribution in [0.15, 0.2) is 36.7 Å². The van der Waals surface area contributed by atoms with Crippen LogP contribution < -0.4 is 10.1 Å². The number of hydrogen-bond acceptors (Lipinski definition) is 4. The van der Waals surface area contributed by atoms with Gasteiger partial charge in [-0.25, -0.2) is 9.78 Å². The molecule has 25 heavy (non-hydrogen) atoms. The Kier molecular flexibility index (Phi) is 7.28. The molecule has 0 aliphatic carbocycles. The molecule has 2 rings (SSSR count). The molecule has 7 heteroatoms. The molecule has 0 atom stereocenters. The lowest BCUT2D eigenvalue weighted by atomic mass is 10.2. The Hall–Kier alpha value is -2.54. The summed E-state index contributed by atoms with van der Waals surface area (Å²) in [7, 11) is 3.28. The van der Waals surface area contributed by atoms with Crippen LogP contribution in [0.2, 0.25) is 0 Å². The molecular weight excluding hydrogens is 320 g/mol. The van der Waals surface area contributed by atoms with E-state index in [0.29, 0.717) is 32.8 Å². The Bertz CT molecular complexity index is 655. The van der Waals surface area contributed by atoms with Crippen LogP contribution in [0.25, 0.3) is 0 Å². The first kappa shape index (κ1) is 18.8. The number of carbonyl (C=O) groups excluding carboxylic acids is 1. The van der Waals surface area contributed by atoms with E-state index in [1.54, 1.807) is 25.3 Å². The lowest BCUT2D eigenvalue weighted by Gasteiger charge is -2.22. The molecule has 0 unspecified atom stereocenters. The van der Waals surface area contributed by atoms with E-state index >= 15 is 0 Å². The predicted molar refractivity (Wildman–Crippen MR) is 95.7 cm³/mol. The van der Waals surface area contributed by atoms with E-state index in [9.17, 15) is 4.79 Å². The van der Waals surface area contributed by atoms with Gasteiger partial charge in [-0.05, 0) is 24.6 Å². The van der Waals surface area contributed by atoms with Crippen LogP contribution in [0.5, 0.6) is 5.75 Å². The van der Waals surface area contributed by atoms with E-state index in [2.05, 4.69) is 10.3 Å². The SMILES string of the molecule is CCNC(=O)N(CCOC)Cc1nccn1Cc1ccc(OC)cc1. The Morgan fingerprint density at radius 1 is 1.28 bits per heavy atom. The third-order valence-electron chi connectivity index (χ3n) is 3.83. The van der Waals surface area contributed by atoms with Crippen LogP contribution in [0.3, 0.4) is 0 Å². The fourth-order valence-corrected chi connectivity index (χ4v) is 2.45. The minimum atomic E-state index is -0.112. The van der Waals surface area contributed by atoms with Crippen LogP contribution in [-0.2, 0) is 17.8 Å². The maximum atomic E-state index is 12.2. The normalized spacial score (nSPS) is 10.5. The van der Waals surface area contributed by atoms with Gasteiger partial charge in [0.05, 0.1) is 20.3 Å². The number of nitrogens with zero attached hydrogens (tertiary/aromatic N) is 3. The summed E-state index contributed by atoms with van der Waals surface area (Å²) in [6.45, 7) is 4.60. The Balaban J connectivity index is 2.08. The van der Waals surface area contributed by atoms with Crippen molar-refractivity contribution in [2.24, 2.45) is 0 Å². The molecule has 0 aliphatic rings. The van der Waals surface area contributed by atoms with Gasteiger partial charge >= 0.3 is 6.03 Å². The third kappa shape index (κ3) is 5.49. The molecule has 1 heterocycles. The van der Waals surface area contributed by atoms with Crippen molar-refractivity contribution in [1.82, 2.24) is 19.8 Å². The summed E-state index contributed by atoms with van der Waals surface area (Å²) in [4.78, 5) is 18.3. The van der Waals surface area contributed by atoms with Gasteiger partial charge in [0.1, 0.15) is 11.6 Å². The highest BCUT2D eigenvalue weighted by atomic mass is 16.5. The maximum Gasteiger partial charge on any atom is 0.317 e. The van der Waals surface area contributed by atoms with Gasteiger partial charge < -0.3 is 24.3 Å². The molecular formula is C18H26N4O3. The average molecular weight is 346 g/mol. The van der Waals surface area contributed by atoms with Crippen LogP contribution in [0.4, 0.5) is 4.79 Å². The van der Waals surface area contributed by atoms with Gasteiger partial charge in [-0.15, -0.1) is 0 Å². The quantitative estimate of drug-likeness (QED) is 0.755. The second-order valence-electron chi connectivity index (χ2n) is 5.57. The first-order valence-electron chi connectivity index (χ1n) is 8.32. The summed E-state index contributed by atoms with van der Waals surface area (Å²) in [5, 5.41) is 2.83. The molecule has 0 aliphatic heterocycles. The zero-order valence-corrected chi connectivity index (χ0v) is 15.1. The molecule has 2 amide bonds. The number of imidazole rings is 1. The molecule has 136 valence electrons. The van der Waals surface area contributed by atoms with E-state index in [4.69, 9.17) is 9.47 Å². The second-order valence-corrected chi connectivity index (χ2v) is 5.57. The van der Waals surface area contributed by atoms with Crippen LogP contribution in [0.1, 0.15) is 18.3 Å². The highest BCUT2D eigenvalue weighted by Gasteiger charge is 2.15. The van der Waals surface area contributed by atoms with Gasteiger partial charge in [-0.3, -0.25) is 0 Å². The molecule has 1 aromatic carbocycles. The first-order valence-corrected chi connectivity index (χ1v) is 8.32. The first-order chi connectivity index (χ1) is 12.2. The van der Waals surface area contributed by atoms with Gasteiger partial charge in [0, 0.05) is 39.1 Å². The summed E-state index contributed by atoms with van der Waals surface area (Å²) in [5.41, 5.74) is 1.14. The van der Waals surface area contributed by atoms with Crippen molar-refractivity contribution in [3.63, 3.8) is 0 Å². The second kappa shape index (κ2) is 9.68. The highest BCUT2D eigenvalue weighted by molar-refractivity contribution is 5.74. The number of hydrogen-bond donors (Lipinski definition) is 1. The summed E-state index contributed by atoms with van der Waals surface area (Å²) >= 11 is 0. The van der Waals surface area contributed by atoms with Crippen molar-refractivity contribution >= 4 is 6.03 Å². The van der Waals surface area contributed by atoms with Crippen molar-refractivity contribution < 1.29 is 14.3 Å². The summed E-state index contributed by atoms with van der Waals surface area (Å²) in [5.74, 6) is 1.66. The Morgan fingerprint density at radius 3 is 2.68 bits per heavy atom. The van der Waals surface area contributed by atoms with Crippen molar-refractivity contribution in [3.8, 4) is 5.75 Å². The largest absolute Gasteiger partial charge is 0.497 e. The maximum absolute atomic E-state index is 12.2. The molecule has 0 radical (unpaired) electrons. The number of nitrogens with one attached hydrogen (secondary N) is 1. The van der Waals surface area contributed by atoms with Crippen molar-refractivity contribution in [2.75, 3.05) is 33.9 Å². The number of carbonyl (C=O) groups is 1. The molecule has 1 aromatic heterocycles. The van der Waals surface area contributed by atoms with E-state index in [1.807, 2.05) is 42.0 Å². The molecule has 0 saturated carbocycles. The van der Waals surface area contributed by atoms with E-state index < -0.39 is 0 Å². The van der Waals surface area contributed by atoms with Crippen LogP contribution in [-0.4, -0.2) is 54.4 Å². The predicted octanol–water partition coefficient (Wildman–Crippen LogP) is 2.12. The van der Waals surface area contributed by atoms with Gasteiger partial charge in [0.25, 0.3) is 0 Å². The number of ether oxygens (including phenoxy) is 2. The smallest absolute Gasteiger partial charge is 0.317 e. The number of methoxy groups -OCH3 is 2. The summed E-state index contributed by atoms with van der Waals surface area (Å²) in [6, 6.07) is 7.81. The molecule has 0 bridgehead atoms. The van der Waals surface area contributed by atoms with Crippen LogP contribution in [0, 0.1) is 0 Å². The minimum Gasteiger partial charge on any atom is -0.497 e. The van der Waals surface area contributed by atoms with Gasteiger partial charge in [-0.1, -0.05) is 12.1 Å². The number of rotatable bonds is 9. The van der Waals surface area contributed by atoms with E-state index in [1.165, 1.54) is 0 Å². The fourth-order valence-electron chi connectivity index (χ4n) is 2.45. The highest BCUT2D eigenvalue weighted by Crippen LogP contribution is 2.13. The number of urea groups is 1. The van der Waals surface area contributed by atoms with Gasteiger partial charge in [0.15, 0.2) is 0 Å². The van der Waals surface area contributed by atoms with Crippen molar-refractivity contribution in [3.05, 3.63) is 48.0 Å². The number of aromatic nitrogens is 2. The summed E-state index contributed by atoms with van der Waals surface area (Å²) in [6.07, 6.45) is 3.68. The third-order valence-corrected chi connectivity index (χ3v) is 3.83. The van der Waals surface area contributed by atoms with E-state index in [-0.39, 0.29) is 6.03 Å². The fraction of sp³-hybridized carbons (Fsp3) is 0.444.